The number of ether oxygens (including phenoxy) is 1. The minimum atomic E-state index is -3.11. The van der Waals surface area contributed by atoms with Gasteiger partial charge in [-0.3, -0.25) is 0 Å². The summed E-state index contributed by atoms with van der Waals surface area (Å²) in [5, 5.41) is 3.48. The summed E-state index contributed by atoms with van der Waals surface area (Å²) < 4.78 is 28.2. The zero-order chi connectivity index (χ0) is 14.6. The molecule has 5 heteroatoms. The summed E-state index contributed by atoms with van der Waals surface area (Å²) in [5.41, 5.74) is 1.11. The number of hydrogen-bond donors (Lipinski definition) is 1. The van der Waals surface area contributed by atoms with E-state index in [1.165, 1.54) is 12.7 Å². The fourth-order valence-corrected chi connectivity index (χ4v) is 3.07. The normalized spacial score (nSPS) is 21.0. The molecule has 4 nitrogen and oxygen atoms in total. The van der Waals surface area contributed by atoms with Crippen molar-refractivity contribution in [2.24, 2.45) is 5.92 Å². The van der Waals surface area contributed by atoms with Crippen molar-refractivity contribution in [1.29, 1.82) is 0 Å². The molecule has 0 amide bonds. The molecule has 0 aliphatic carbocycles. The van der Waals surface area contributed by atoms with Crippen LogP contribution in [0.3, 0.4) is 0 Å². The molecule has 1 fully saturated rings. The predicted octanol–water partition coefficient (Wildman–Crippen LogP) is 2.17. The molecule has 1 heterocycles. The molecule has 0 saturated carbocycles. The van der Waals surface area contributed by atoms with E-state index in [1.54, 1.807) is 12.1 Å². The van der Waals surface area contributed by atoms with Gasteiger partial charge < -0.3 is 10.1 Å². The van der Waals surface area contributed by atoms with Crippen LogP contribution in [0.1, 0.15) is 31.4 Å². The molecule has 1 aliphatic heterocycles. The van der Waals surface area contributed by atoms with E-state index in [0.717, 1.165) is 31.7 Å². The van der Waals surface area contributed by atoms with Gasteiger partial charge in [0, 0.05) is 25.5 Å². The van der Waals surface area contributed by atoms with Crippen molar-refractivity contribution in [2.45, 2.75) is 30.7 Å². The van der Waals surface area contributed by atoms with Crippen molar-refractivity contribution in [3.8, 4) is 0 Å². The van der Waals surface area contributed by atoms with Crippen LogP contribution < -0.4 is 5.32 Å². The lowest BCUT2D eigenvalue weighted by atomic mass is 10.0. The Morgan fingerprint density at radius 2 is 2.05 bits per heavy atom. The molecule has 2 atom stereocenters. The first-order valence-corrected chi connectivity index (χ1v) is 8.97. The van der Waals surface area contributed by atoms with E-state index in [-0.39, 0.29) is 6.04 Å². The summed E-state index contributed by atoms with van der Waals surface area (Å²) in [6.07, 6.45) is 3.53. The number of hydrogen-bond acceptors (Lipinski definition) is 4. The number of nitrogens with one attached hydrogen (secondary N) is 1. The van der Waals surface area contributed by atoms with E-state index in [4.69, 9.17) is 4.74 Å². The Bertz CT molecular complexity index is 519. The molecule has 112 valence electrons. The van der Waals surface area contributed by atoms with E-state index in [2.05, 4.69) is 12.2 Å². The largest absolute Gasteiger partial charge is 0.381 e. The molecule has 1 aromatic carbocycles. The average Bonchev–Trinajstić information content (AvgIpc) is 2.91. The van der Waals surface area contributed by atoms with E-state index >= 15 is 0 Å². The van der Waals surface area contributed by atoms with Crippen LogP contribution in [0.4, 0.5) is 0 Å². The zero-order valence-electron chi connectivity index (χ0n) is 12.1. The number of rotatable bonds is 6. The summed E-state index contributed by atoms with van der Waals surface area (Å²) >= 11 is 0. The summed E-state index contributed by atoms with van der Waals surface area (Å²) in [6.45, 7) is 4.84. The van der Waals surface area contributed by atoms with Gasteiger partial charge in [-0.05, 0) is 49.9 Å². The van der Waals surface area contributed by atoms with Crippen molar-refractivity contribution in [3.05, 3.63) is 29.8 Å². The third-order valence-corrected chi connectivity index (χ3v) is 4.96. The van der Waals surface area contributed by atoms with Crippen LogP contribution in [0.2, 0.25) is 0 Å². The first-order valence-electron chi connectivity index (χ1n) is 7.08. The summed E-state index contributed by atoms with van der Waals surface area (Å²) in [7, 11) is -3.11. The second kappa shape index (κ2) is 6.70. The quantitative estimate of drug-likeness (QED) is 0.874. The Morgan fingerprint density at radius 3 is 2.60 bits per heavy atom. The van der Waals surface area contributed by atoms with E-state index < -0.39 is 9.84 Å². The molecule has 0 radical (unpaired) electrons. The molecular formula is C15H23NO3S. The topological polar surface area (TPSA) is 55.4 Å². The Kier molecular flexibility index (Phi) is 5.18. The van der Waals surface area contributed by atoms with Gasteiger partial charge in [0.05, 0.1) is 4.90 Å². The Morgan fingerprint density at radius 1 is 1.35 bits per heavy atom. The van der Waals surface area contributed by atoms with Gasteiger partial charge in [0.2, 0.25) is 0 Å². The van der Waals surface area contributed by atoms with Crippen LogP contribution in [0.5, 0.6) is 0 Å². The molecule has 0 aromatic heterocycles. The number of benzene rings is 1. The molecule has 0 spiro atoms. The van der Waals surface area contributed by atoms with Crippen molar-refractivity contribution < 1.29 is 13.2 Å². The Balaban J connectivity index is 1.84. The molecule has 2 rings (SSSR count). The monoisotopic (exact) mass is 297 g/mol. The maximum Gasteiger partial charge on any atom is 0.175 e. The SMILES string of the molecule is CC(NCCC1CCOC1)c1ccc(S(C)(=O)=O)cc1. The highest BCUT2D eigenvalue weighted by atomic mass is 32.2. The van der Waals surface area contributed by atoms with Crippen LogP contribution in [0.25, 0.3) is 0 Å². The van der Waals surface area contributed by atoms with Gasteiger partial charge in [-0.1, -0.05) is 12.1 Å². The smallest absolute Gasteiger partial charge is 0.175 e. The molecule has 1 aromatic rings. The summed E-state index contributed by atoms with van der Waals surface area (Å²) in [5.74, 6) is 0.683. The highest BCUT2D eigenvalue weighted by molar-refractivity contribution is 7.90. The van der Waals surface area contributed by atoms with Crippen LogP contribution >= 0.6 is 0 Å². The van der Waals surface area contributed by atoms with Gasteiger partial charge in [0.1, 0.15) is 0 Å². The van der Waals surface area contributed by atoms with Gasteiger partial charge in [0.25, 0.3) is 0 Å². The lowest BCUT2D eigenvalue weighted by molar-refractivity contribution is 0.184. The third-order valence-electron chi connectivity index (χ3n) is 3.84. The van der Waals surface area contributed by atoms with Gasteiger partial charge in [0.15, 0.2) is 9.84 Å². The molecular weight excluding hydrogens is 274 g/mol. The van der Waals surface area contributed by atoms with Crippen molar-refractivity contribution in [1.82, 2.24) is 5.32 Å². The lowest BCUT2D eigenvalue weighted by Gasteiger charge is -2.16. The maximum absolute atomic E-state index is 11.4. The van der Waals surface area contributed by atoms with Crippen LogP contribution in [-0.2, 0) is 14.6 Å². The molecule has 1 aliphatic rings. The molecule has 2 unspecified atom stereocenters. The van der Waals surface area contributed by atoms with Gasteiger partial charge in [-0.2, -0.15) is 0 Å². The average molecular weight is 297 g/mol. The predicted molar refractivity (Wildman–Crippen MR) is 79.5 cm³/mol. The van der Waals surface area contributed by atoms with E-state index in [0.29, 0.717) is 10.8 Å². The molecule has 20 heavy (non-hydrogen) atoms. The number of sulfone groups is 1. The Hall–Kier alpha value is -0.910. The van der Waals surface area contributed by atoms with E-state index in [9.17, 15) is 8.42 Å². The second-order valence-electron chi connectivity index (χ2n) is 5.54. The van der Waals surface area contributed by atoms with E-state index in [1.807, 2.05) is 12.1 Å². The highest BCUT2D eigenvalue weighted by Gasteiger charge is 2.15. The van der Waals surface area contributed by atoms with Crippen LogP contribution in [0, 0.1) is 5.92 Å². The lowest BCUT2D eigenvalue weighted by Crippen LogP contribution is -2.22. The standard InChI is InChI=1S/C15H23NO3S/c1-12(16-9-7-13-8-10-19-11-13)14-3-5-15(6-4-14)20(2,17)18/h3-6,12-13,16H,7-11H2,1-2H3. The highest BCUT2D eigenvalue weighted by Crippen LogP contribution is 2.18. The van der Waals surface area contributed by atoms with Crippen LogP contribution in [0.15, 0.2) is 29.2 Å². The van der Waals surface area contributed by atoms with Crippen molar-refractivity contribution >= 4 is 9.84 Å². The molecule has 1 N–H and O–H groups in total. The fourth-order valence-electron chi connectivity index (χ4n) is 2.44. The van der Waals surface area contributed by atoms with Crippen molar-refractivity contribution in [2.75, 3.05) is 26.0 Å². The first-order chi connectivity index (χ1) is 9.47. The summed E-state index contributed by atoms with van der Waals surface area (Å²) in [4.78, 5) is 0.372. The Labute approximate surface area is 121 Å². The maximum atomic E-state index is 11.4. The van der Waals surface area contributed by atoms with Crippen molar-refractivity contribution in [3.63, 3.8) is 0 Å². The first kappa shape index (κ1) is 15.5. The zero-order valence-corrected chi connectivity index (χ0v) is 12.9. The fraction of sp³-hybridized carbons (Fsp3) is 0.600. The minimum Gasteiger partial charge on any atom is -0.381 e. The minimum absolute atomic E-state index is 0.228. The van der Waals surface area contributed by atoms with Gasteiger partial charge in [-0.15, -0.1) is 0 Å². The molecule has 1 saturated heterocycles. The van der Waals surface area contributed by atoms with Gasteiger partial charge in [-0.25, -0.2) is 8.42 Å². The summed E-state index contributed by atoms with van der Waals surface area (Å²) in [6, 6.07) is 7.34. The van der Waals surface area contributed by atoms with Crippen LogP contribution in [-0.4, -0.2) is 34.4 Å². The van der Waals surface area contributed by atoms with Gasteiger partial charge >= 0.3 is 0 Å². The molecule has 0 bridgehead atoms. The third kappa shape index (κ3) is 4.30. The second-order valence-corrected chi connectivity index (χ2v) is 7.55.